The first-order valence-electron chi connectivity index (χ1n) is 4.44. The Morgan fingerprint density at radius 2 is 2.00 bits per heavy atom. The number of carbonyl (C=O) groups is 1. The summed E-state index contributed by atoms with van der Waals surface area (Å²) < 4.78 is 4.97. The summed E-state index contributed by atoms with van der Waals surface area (Å²) in [5.41, 5.74) is -0.335. The van der Waals surface area contributed by atoms with Gasteiger partial charge >= 0.3 is 5.97 Å². The van der Waals surface area contributed by atoms with Crippen molar-refractivity contribution in [1.29, 1.82) is 0 Å². The fourth-order valence-corrected chi connectivity index (χ4v) is 0.769. The molecule has 78 valence electrons. The van der Waals surface area contributed by atoms with Crippen LogP contribution in [0.2, 0.25) is 0 Å². The van der Waals surface area contributed by atoms with E-state index in [0.29, 0.717) is 6.42 Å². The zero-order valence-corrected chi connectivity index (χ0v) is 8.50. The molecule has 0 spiro atoms. The molecule has 0 fully saturated rings. The first-order valence-corrected chi connectivity index (χ1v) is 4.44. The smallest absolute Gasteiger partial charge is 0.305 e. The molecule has 0 unspecified atom stereocenters. The molecule has 0 aromatic carbocycles. The van der Waals surface area contributed by atoms with Crippen LogP contribution >= 0.6 is 0 Å². The van der Waals surface area contributed by atoms with Gasteiger partial charge in [0.25, 0.3) is 0 Å². The molecule has 0 aliphatic rings. The summed E-state index contributed by atoms with van der Waals surface area (Å²) in [5.74, 6) is -0.200. The van der Waals surface area contributed by atoms with Crippen LogP contribution in [0.15, 0.2) is 0 Å². The Morgan fingerprint density at radius 1 is 1.38 bits per heavy atom. The zero-order chi connectivity index (χ0) is 10.3. The quantitative estimate of drug-likeness (QED) is 0.394. The van der Waals surface area contributed by atoms with Gasteiger partial charge in [-0.2, -0.15) is 0 Å². The summed E-state index contributed by atoms with van der Waals surface area (Å²) in [6.45, 7) is 6.05. The summed E-state index contributed by atoms with van der Waals surface area (Å²) in [6, 6.07) is 0. The SMILES string of the molecule is CCCC(=O)OCC(C)(C)COO. The lowest BCUT2D eigenvalue weighted by Crippen LogP contribution is -2.26. The summed E-state index contributed by atoms with van der Waals surface area (Å²) in [5, 5.41) is 8.23. The molecule has 0 rings (SSSR count). The molecule has 1 N–H and O–H groups in total. The maximum atomic E-state index is 11.0. The second-order valence-corrected chi connectivity index (χ2v) is 3.85. The van der Waals surface area contributed by atoms with Crippen molar-refractivity contribution in [2.45, 2.75) is 33.6 Å². The second kappa shape index (κ2) is 5.94. The van der Waals surface area contributed by atoms with Crippen molar-refractivity contribution in [1.82, 2.24) is 0 Å². The van der Waals surface area contributed by atoms with Gasteiger partial charge in [0.2, 0.25) is 0 Å². The minimum atomic E-state index is -0.335. The number of ether oxygens (including phenoxy) is 1. The van der Waals surface area contributed by atoms with Crippen molar-refractivity contribution in [3.63, 3.8) is 0 Å². The van der Waals surface area contributed by atoms with E-state index in [9.17, 15) is 4.79 Å². The third-order valence-electron chi connectivity index (χ3n) is 1.53. The van der Waals surface area contributed by atoms with E-state index in [4.69, 9.17) is 9.99 Å². The van der Waals surface area contributed by atoms with Crippen LogP contribution in [0.1, 0.15) is 33.6 Å². The average molecular weight is 190 g/mol. The highest BCUT2D eigenvalue weighted by Crippen LogP contribution is 2.15. The number of rotatable bonds is 6. The largest absolute Gasteiger partial charge is 0.465 e. The summed E-state index contributed by atoms with van der Waals surface area (Å²) in [4.78, 5) is 15.0. The molecule has 0 atom stereocenters. The second-order valence-electron chi connectivity index (χ2n) is 3.85. The van der Waals surface area contributed by atoms with Crippen LogP contribution in [0.4, 0.5) is 0 Å². The minimum absolute atomic E-state index is 0.159. The van der Waals surface area contributed by atoms with Gasteiger partial charge in [0, 0.05) is 11.8 Å². The van der Waals surface area contributed by atoms with E-state index in [1.54, 1.807) is 0 Å². The molecule has 4 heteroatoms. The Balaban J connectivity index is 3.67. The lowest BCUT2D eigenvalue weighted by molar-refractivity contribution is -0.262. The molecule has 0 aromatic rings. The Morgan fingerprint density at radius 3 is 2.46 bits per heavy atom. The lowest BCUT2D eigenvalue weighted by atomic mass is 9.96. The third-order valence-corrected chi connectivity index (χ3v) is 1.53. The molecule has 0 saturated carbocycles. The normalized spacial score (nSPS) is 11.4. The van der Waals surface area contributed by atoms with Crippen LogP contribution in [0, 0.1) is 5.41 Å². The van der Waals surface area contributed by atoms with Crippen molar-refractivity contribution in [3.05, 3.63) is 0 Å². The third kappa shape index (κ3) is 6.54. The van der Waals surface area contributed by atoms with Crippen LogP contribution in [0.3, 0.4) is 0 Å². The predicted octanol–water partition coefficient (Wildman–Crippen LogP) is 1.85. The lowest BCUT2D eigenvalue weighted by Gasteiger charge is -2.21. The van der Waals surface area contributed by atoms with Gasteiger partial charge in [-0.1, -0.05) is 20.8 Å². The molecule has 0 bridgehead atoms. The maximum absolute atomic E-state index is 11.0. The van der Waals surface area contributed by atoms with Gasteiger partial charge in [0.15, 0.2) is 0 Å². The molecule has 0 heterocycles. The number of carbonyl (C=O) groups excluding carboxylic acids is 1. The molecule has 0 aromatic heterocycles. The standard InChI is InChI=1S/C9H18O4/c1-4-5-8(10)12-6-9(2,3)7-13-11/h11H,4-7H2,1-3H3. The topological polar surface area (TPSA) is 55.8 Å². The monoisotopic (exact) mass is 190 g/mol. The van der Waals surface area contributed by atoms with Crippen molar-refractivity contribution in [2.75, 3.05) is 13.2 Å². The van der Waals surface area contributed by atoms with Crippen molar-refractivity contribution in [2.24, 2.45) is 5.41 Å². The van der Waals surface area contributed by atoms with Crippen LogP contribution in [0.25, 0.3) is 0 Å². The van der Waals surface area contributed by atoms with E-state index < -0.39 is 0 Å². The number of hydrogen-bond acceptors (Lipinski definition) is 4. The van der Waals surface area contributed by atoms with E-state index in [1.807, 2.05) is 20.8 Å². The van der Waals surface area contributed by atoms with E-state index in [0.717, 1.165) is 6.42 Å². The molecule has 0 saturated heterocycles. The summed E-state index contributed by atoms with van der Waals surface area (Å²) >= 11 is 0. The maximum Gasteiger partial charge on any atom is 0.305 e. The molecular weight excluding hydrogens is 172 g/mol. The molecular formula is C9H18O4. The van der Waals surface area contributed by atoms with Crippen LogP contribution in [0.5, 0.6) is 0 Å². The molecule has 13 heavy (non-hydrogen) atoms. The zero-order valence-electron chi connectivity index (χ0n) is 8.50. The van der Waals surface area contributed by atoms with Gasteiger partial charge in [-0.15, -0.1) is 0 Å². The van der Waals surface area contributed by atoms with E-state index in [1.165, 1.54) is 0 Å². The van der Waals surface area contributed by atoms with Gasteiger partial charge in [-0.3, -0.25) is 10.1 Å². The first kappa shape index (κ1) is 12.4. The van der Waals surface area contributed by atoms with Crippen LogP contribution < -0.4 is 0 Å². The molecule has 0 aliphatic carbocycles. The van der Waals surface area contributed by atoms with Gasteiger partial charge in [-0.25, -0.2) is 4.89 Å². The highest BCUT2D eigenvalue weighted by molar-refractivity contribution is 5.69. The molecule has 4 nitrogen and oxygen atoms in total. The predicted molar refractivity (Wildman–Crippen MR) is 48.2 cm³/mol. The summed E-state index contributed by atoms with van der Waals surface area (Å²) in [6.07, 6.45) is 1.23. The van der Waals surface area contributed by atoms with Gasteiger partial charge < -0.3 is 4.74 Å². The van der Waals surface area contributed by atoms with E-state index in [-0.39, 0.29) is 24.6 Å². The van der Waals surface area contributed by atoms with E-state index >= 15 is 0 Å². The molecule has 0 amide bonds. The first-order chi connectivity index (χ1) is 6.02. The van der Waals surface area contributed by atoms with Crippen molar-refractivity contribution < 1.29 is 19.7 Å². The Kier molecular flexibility index (Phi) is 5.66. The Hall–Kier alpha value is -0.610. The van der Waals surface area contributed by atoms with Crippen LogP contribution in [-0.4, -0.2) is 24.4 Å². The minimum Gasteiger partial charge on any atom is -0.465 e. The highest BCUT2D eigenvalue weighted by Gasteiger charge is 2.20. The Labute approximate surface area is 78.8 Å². The number of hydrogen-bond donors (Lipinski definition) is 1. The van der Waals surface area contributed by atoms with Gasteiger partial charge in [0.1, 0.15) is 0 Å². The number of esters is 1. The van der Waals surface area contributed by atoms with Crippen molar-refractivity contribution in [3.8, 4) is 0 Å². The average Bonchev–Trinajstić information content (AvgIpc) is 2.02. The van der Waals surface area contributed by atoms with Gasteiger partial charge in [-0.05, 0) is 6.42 Å². The van der Waals surface area contributed by atoms with E-state index in [2.05, 4.69) is 4.89 Å². The van der Waals surface area contributed by atoms with Crippen LogP contribution in [-0.2, 0) is 14.4 Å². The fraction of sp³-hybridized carbons (Fsp3) is 0.889. The molecule has 0 aliphatic heterocycles. The Bertz CT molecular complexity index is 154. The highest BCUT2D eigenvalue weighted by atomic mass is 17.1. The van der Waals surface area contributed by atoms with Crippen molar-refractivity contribution >= 4 is 5.97 Å². The fourth-order valence-electron chi connectivity index (χ4n) is 0.769. The molecule has 0 radical (unpaired) electrons. The summed E-state index contributed by atoms with van der Waals surface area (Å²) in [7, 11) is 0. The van der Waals surface area contributed by atoms with Gasteiger partial charge in [0.05, 0.1) is 13.2 Å².